The minimum atomic E-state index is -0.473. The average Bonchev–Trinajstić information content (AvgIpc) is 2.81. The first-order chi connectivity index (χ1) is 9.17. The van der Waals surface area contributed by atoms with Gasteiger partial charge in [-0.25, -0.2) is 9.78 Å². The van der Waals surface area contributed by atoms with Crippen LogP contribution in [0.2, 0.25) is 0 Å². The van der Waals surface area contributed by atoms with Crippen molar-refractivity contribution in [3.8, 4) is 0 Å². The Labute approximate surface area is 146 Å². The van der Waals surface area contributed by atoms with Crippen LogP contribution < -0.4 is 0 Å². The molecule has 2 atom stereocenters. The number of imidazole rings is 1. The number of aromatic nitrogens is 2. The average molecular weight is 503 g/mol. The molecule has 1 fully saturated rings. The van der Waals surface area contributed by atoms with Crippen molar-refractivity contribution in [1.29, 1.82) is 0 Å². The number of aromatic amines is 1. The minimum absolute atomic E-state index is 0.0168. The Morgan fingerprint density at radius 1 is 1.45 bits per heavy atom. The highest BCUT2D eigenvalue weighted by molar-refractivity contribution is 14.1. The third-order valence-corrected chi connectivity index (χ3v) is 5.68. The van der Waals surface area contributed by atoms with Gasteiger partial charge in [0.1, 0.15) is 18.8 Å². The van der Waals surface area contributed by atoms with Crippen LogP contribution in [-0.2, 0) is 4.74 Å². The first kappa shape index (κ1) is 16.3. The summed E-state index contributed by atoms with van der Waals surface area (Å²) in [6.07, 6.45) is 0.659. The second-order valence-electron chi connectivity index (χ2n) is 6.22. The van der Waals surface area contributed by atoms with Crippen LogP contribution in [0.5, 0.6) is 0 Å². The van der Waals surface area contributed by atoms with E-state index in [4.69, 9.17) is 4.74 Å². The molecule has 0 radical (unpaired) electrons. The number of halogens is 2. The van der Waals surface area contributed by atoms with Gasteiger partial charge in [0, 0.05) is 6.54 Å². The Kier molecular flexibility index (Phi) is 4.87. The molecule has 1 saturated heterocycles. The molecule has 2 rings (SSSR count). The highest BCUT2D eigenvalue weighted by Gasteiger charge is 2.38. The number of ether oxygens (including phenoxy) is 1. The number of nitrogens with zero attached hydrogens (tertiary/aromatic N) is 2. The van der Waals surface area contributed by atoms with Crippen molar-refractivity contribution in [3.63, 3.8) is 0 Å². The predicted molar refractivity (Wildman–Crippen MR) is 93.5 cm³/mol. The lowest BCUT2D eigenvalue weighted by molar-refractivity contribution is 0.0214. The van der Waals surface area contributed by atoms with Crippen molar-refractivity contribution in [1.82, 2.24) is 14.9 Å². The fourth-order valence-corrected chi connectivity index (χ4v) is 3.12. The summed E-state index contributed by atoms with van der Waals surface area (Å²) in [6.45, 7) is 8.53. The van der Waals surface area contributed by atoms with E-state index < -0.39 is 5.60 Å². The molecule has 1 aliphatic rings. The van der Waals surface area contributed by atoms with Gasteiger partial charge in [0.05, 0.1) is 6.04 Å². The molecule has 2 heterocycles. The molecule has 0 aliphatic carbocycles. The minimum Gasteiger partial charge on any atom is -0.444 e. The van der Waals surface area contributed by atoms with Gasteiger partial charge in [0.2, 0.25) is 0 Å². The number of carbonyl (C=O) groups is 1. The van der Waals surface area contributed by atoms with Gasteiger partial charge in [-0.1, -0.05) is 6.92 Å². The van der Waals surface area contributed by atoms with Crippen LogP contribution in [-0.4, -0.2) is 33.1 Å². The molecule has 0 bridgehead atoms. The Bertz CT molecular complexity index is 491. The van der Waals surface area contributed by atoms with Crippen molar-refractivity contribution in [2.75, 3.05) is 6.54 Å². The van der Waals surface area contributed by atoms with Crippen LogP contribution >= 0.6 is 45.2 Å². The van der Waals surface area contributed by atoms with Gasteiger partial charge in [-0.15, -0.1) is 0 Å². The maximum Gasteiger partial charge on any atom is 0.410 e. The lowest BCUT2D eigenvalue weighted by Crippen LogP contribution is -2.37. The normalized spacial score (nSPS) is 23.2. The molecular formula is C13H19I2N3O2. The quantitative estimate of drug-likeness (QED) is 0.592. The summed E-state index contributed by atoms with van der Waals surface area (Å²) in [4.78, 5) is 21.9. The summed E-state index contributed by atoms with van der Waals surface area (Å²) in [6, 6.07) is -0.0168. The zero-order valence-electron chi connectivity index (χ0n) is 12.0. The Morgan fingerprint density at radius 2 is 2.10 bits per heavy atom. The fraction of sp³-hybridized carbons (Fsp3) is 0.692. The van der Waals surface area contributed by atoms with Crippen molar-refractivity contribution in [2.24, 2.45) is 5.92 Å². The lowest BCUT2D eigenvalue weighted by atomic mass is 10.1. The second kappa shape index (κ2) is 5.98. The van der Waals surface area contributed by atoms with Crippen LogP contribution in [0.3, 0.4) is 0 Å². The van der Waals surface area contributed by atoms with Gasteiger partial charge < -0.3 is 9.72 Å². The summed E-state index contributed by atoms with van der Waals surface area (Å²) >= 11 is 4.42. The molecule has 0 saturated carbocycles. The van der Waals surface area contributed by atoms with Crippen LogP contribution in [0, 0.1) is 13.3 Å². The maximum absolute atomic E-state index is 12.3. The number of hydrogen-bond donors (Lipinski definition) is 1. The van der Waals surface area contributed by atoms with Gasteiger partial charge in [0.25, 0.3) is 0 Å². The molecule has 1 aromatic heterocycles. The van der Waals surface area contributed by atoms with E-state index in [0.29, 0.717) is 12.5 Å². The molecule has 1 aliphatic heterocycles. The number of carbonyl (C=O) groups excluding carboxylic acids is 1. The predicted octanol–water partition coefficient (Wildman–Crippen LogP) is 3.94. The molecule has 1 N–H and O–H groups in total. The van der Waals surface area contributed by atoms with Gasteiger partial charge in [-0.05, 0) is 78.3 Å². The van der Waals surface area contributed by atoms with Crippen LogP contribution in [0.25, 0.3) is 0 Å². The molecule has 0 aromatic carbocycles. The Hall–Kier alpha value is -0.0600. The summed E-state index contributed by atoms with van der Waals surface area (Å²) in [5, 5.41) is 0. The first-order valence-electron chi connectivity index (χ1n) is 6.58. The van der Waals surface area contributed by atoms with E-state index in [1.165, 1.54) is 0 Å². The maximum atomic E-state index is 12.3. The molecular weight excluding hydrogens is 484 g/mol. The van der Waals surface area contributed by atoms with Gasteiger partial charge in [-0.3, -0.25) is 4.90 Å². The summed E-state index contributed by atoms with van der Waals surface area (Å²) in [5.74, 6) is 1.31. The lowest BCUT2D eigenvalue weighted by Gasteiger charge is -2.27. The number of likely N-dealkylation sites (tertiary alicyclic amines) is 1. The highest BCUT2D eigenvalue weighted by Crippen LogP contribution is 2.35. The molecule has 1 aromatic rings. The van der Waals surface area contributed by atoms with Crippen molar-refractivity contribution in [2.45, 2.75) is 45.8 Å². The van der Waals surface area contributed by atoms with Crippen molar-refractivity contribution in [3.05, 3.63) is 13.2 Å². The van der Waals surface area contributed by atoms with Gasteiger partial charge >= 0.3 is 6.09 Å². The SMILES string of the molecule is CC1CC(c2nc(I)c(I)[nH]2)N(C(=O)OC(C)(C)C)C1. The van der Waals surface area contributed by atoms with E-state index in [9.17, 15) is 4.79 Å². The van der Waals surface area contributed by atoms with Crippen LogP contribution in [0.4, 0.5) is 4.79 Å². The van der Waals surface area contributed by atoms with Crippen LogP contribution in [0.15, 0.2) is 0 Å². The van der Waals surface area contributed by atoms with E-state index in [-0.39, 0.29) is 12.1 Å². The third-order valence-electron chi connectivity index (χ3n) is 3.09. The fourth-order valence-electron chi connectivity index (χ4n) is 2.33. The monoisotopic (exact) mass is 503 g/mol. The van der Waals surface area contributed by atoms with Gasteiger partial charge in [0.15, 0.2) is 0 Å². The van der Waals surface area contributed by atoms with E-state index in [1.54, 1.807) is 4.90 Å². The zero-order chi connectivity index (χ0) is 15.1. The number of H-pyrrole nitrogens is 1. The highest BCUT2D eigenvalue weighted by atomic mass is 127. The third kappa shape index (κ3) is 3.77. The Morgan fingerprint density at radius 3 is 2.60 bits per heavy atom. The summed E-state index contributed by atoms with van der Waals surface area (Å²) in [5.41, 5.74) is -0.473. The molecule has 112 valence electrons. The summed E-state index contributed by atoms with van der Waals surface area (Å²) < 4.78 is 7.46. The largest absolute Gasteiger partial charge is 0.444 e. The number of amides is 1. The smallest absolute Gasteiger partial charge is 0.410 e. The molecule has 7 heteroatoms. The van der Waals surface area contributed by atoms with Crippen molar-refractivity contribution < 1.29 is 9.53 Å². The molecule has 1 amide bonds. The second-order valence-corrected chi connectivity index (χ2v) is 8.32. The topological polar surface area (TPSA) is 58.2 Å². The molecule has 20 heavy (non-hydrogen) atoms. The van der Waals surface area contributed by atoms with E-state index in [2.05, 4.69) is 62.1 Å². The van der Waals surface area contributed by atoms with E-state index in [1.807, 2.05) is 20.8 Å². The number of hydrogen-bond acceptors (Lipinski definition) is 3. The standard InChI is InChI=1S/C13H19I2N3O2/c1-7-5-8(11-16-9(14)10(15)17-11)18(6-7)12(19)20-13(2,3)4/h7-8H,5-6H2,1-4H3,(H,16,17). The summed E-state index contributed by atoms with van der Waals surface area (Å²) in [7, 11) is 0. The van der Waals surface area contributed by atoms with Crippen molar-refractivity contribution >= 4 is 51.3 Å². The molecule has 2 unspecified atom stereocenters. The van der Waals surface area contributed by atoms with Gasteiger partial charge in [-0.2, -0.15) is 0 Å². The Balaban J connectivity index is 2.20. The van der Waals surface area contributed by atoms with E-state index >= 15 is 0 Å². The number of rotatable bonds is 1. The molecule has 0 spiro atoms. The zero-order valence-corrected chi connectivity index (χ0v) is 16.4. The van der Waals surface area contributed by atoms with E-state index in [0.717, 1.165) is 19.6 Å². The first-order valence-corrected chi connectivity index (χ1v) is 8.73. The van der Waals surface area contributed by atoms with Crippen LogP contribution in [0.1, 0.15) is 46.0 Å². The molecule has 5 nitrogen and oxygen atoms in total. The number of nitrogens with one attached hydrogen (secondary N) is 1.